The Balaban J connectivity index is 0.000000586. The SMILES string of the molecule is CC(C)(C)[S@](=O)N=C[C@@H]1CCC=CO1.CC(C)(C)[S@](=O)N[C@@H](C1CC1)[C@@H]1CCC=CO1.[Br-].[CH-]1CC1.[Mg+2]. The molecule has 2 aliphatic carbocycles. The summed E-state index contributed by atoms with van der Waals surface area (Å²) in [7, 11) is -2.18. The number of hydrogen-bond donors (Lipinski definition) is 1. The maximum atomic E-state index is 12.2. The first kappa shape index (κ1) is 36.3. The molecular formula is C26H45BrMgN2O4S2. The fourth-order valence-electron chi connectivity index (χ4n) is 2.99. The van der Waals surface area contributed by atoms with Gasteiger partial charge in [-0.2, -0.15) is 4.40 Å². The van der Waals surface area contributed by atoms with E-state index in [2.05, 4.69) is 21.6 Å². The van der Waals surface area contributed by atoms with Gasteiger partial charge in [-0.25, -0.2) is 26.0 Å². The molecule has 0 aromatic heterocycles. The molecular weight excluding hydrogens is 573 g/mol. The molecule has 0 bridgehead atoms. The van der Waals surface area contributed by atoms with E-state index in [0.29, 0.717) is 5.92 Å². The van der Waals surface area contributed by atoms with Gasteiger partial charge in [0, 0.05) is 0 Å². The van der Waals surface area contributed by atoms with Crippen LogP contribution >= 0.6 is 0 Å². The van der Waals surface area contributed by atoms with E-state index in [4.69, 9.17) is 9.47 Å². The molecule has 2 saturated carbocycles. The quantitative estimate of drug-likeness (QED) is 0.282. The molecule has 2 heterocycles. The van der Waals surface area contributed by atoms with Gasteiger partial charge in [-0.3, -0.25) is 0 Å². The molecule has 4 aliphatic rings. The standard InChI is InChI=1S/C13H23NO2S.C10H17NO2S.C3H5.BrH.Mg/c1-13(2,3)17(15)14-12(10-7-8-10)11-6-4-5-9-16-11;1-10(2,3)14(12)11-8-9-6-4-5-7-13-9;1-2-3-1;;/h5,9-12,14H,4,6-8H2,1-3H3;5,7-9H,4,6H2,1-3H3;1H,2-3H2;1H;/q;;-1;;+2/p-1/t11-,12-,17-;9-,14-;;;/m00.../s1. The van der Waals surface area contributed by atoms with Crippen LogP contribution < -0.4 is 21.7 Å². The molecule has 204 valence electrons. The molecule has 0 saturated heterocycles. The van der Waals surface area contributed by atoms with Crippen LogP contribution in [0.25, 0.3) is 0 Å². The Morgan fingerprint density at radius 3 is 1.89 bits per heavy atom. The molecule has 5 atom stereocenters. The molecule has 0 radical (unpaired) electrons. The molecule has 1 N–H and O–H groups in total. The van der Waals surface area contributed by atoms with Crippen molar-refractivity contribution in [3.05, 3.63) is 31.1 Å². The second kappa shape index (κ2) is 17.8. The van der Waals surface area contributed by atoms with Gasteiger partial charge in [0.15, 0.2) is 0 Å². The fourth-order valence-corrected chi connectivity index (χ4v) is 4.50. The Hall–Kier alpha value is 0.256. The second-order valence-electron chi connectivity index (χ2n) is 11.1. The van der Waals surface area contributed by atoms with Gasteiger partial charge in [0.25, 0.3) is 0 Å². The average molecular weight is 618 g/mol. The van der Waals surface area contributed by atoms with E-state index < -0.39 is 22.0 Å². The number of rotatable bonds is 6. The minimum atomic E-state index is -1.17. The van der Waals surface area contributed by atoms with Crippen molar-refractivity contribution < 1.29 is 34.9 Å². The number of allylic oxidation sites excluding steroid dienone is 2. The summed E-state index contributed by atoms with van der Waals surface area (Å²) in [5, 5.41) is 0. The number of nitrogens with zero attached hydrogens (tertiary/aromatic N) is 1. The van der Waals surface area contributed by atoms with Gasteiger partial charge in [-0.15, -0.1) is 0 Å². The van der Waals surface area contributed by atoms with Crippen molar-refractivity contribution in [2.45, 2.75) is 121 Å². The molecule has 0 aromatic carbocycles. The van der Waals surface area contributed by atoms with Crippen LogP contribution in [0.2, 0.25) is 0 Å². The van der Waals surface area contributed by atoms with Gasteiger partial charge in [0.2, 0.25) is 0 Å². The van der Waals surface area contributed by atoms with Crippen LogP contribution in [0.15, 0.2) is 29.1 Å². The number of nitrogens with one attached hydrogen (secondary N) is 1. The number of hydrogen-bond acceptors (Lipinski definition) is 4. The van der Waals surface area contributed by atoms with Crippen LogP contribution in [0.5, 0.6) is 0 Å². The van der Waals surface area contributed by atoms with Gasteiger partial charge in [0.1, 0.15) is 23.2 Å². The zero-order valence-electron chi connectivity index (χ0n) is 22.9. The van der Waals surface area contributed by atoms with Crippen molar-refractivity contribution in [2.75, 3.05) is 0 Å². The average Bonchev–Trinajstić information content (AvgIpc) is 3.68. The smallest absolute Gasteiger partial charge is 1.00 e. The topological polar surface area (TPSA) is 77.0 Å². The van der Waals surface area contributed by atoms with E-state index >= 15 is 0 Å². The predicted molar refractivity (Wildman–Crippen MR) is 150 cm³/mol. The van der Waals surface area contributed by atoms with Gasteiger partial charge in [-0.05, 0) is 98.1 Å². The van der Waals surface area contributed by atoms with Crippen LogP contribution in [-0.4, -0.2) is 65.4 Å². The van der Waals surface area contributed by atoms with Crippen LogP contribution in [0.1, 0.15) is 92.9 Å². The van der Waals surface area contributed by atoms with Gasteiger partial charge >= 0.3 is 23.1 Å². The first-order valence-electron chi connectivity index (χ1n) is 12.6. The molecule has 10 heteroatoms. The zero-order valence-corrected chi connectivity index (χ0v) is 27.5. The third kappa shape index (κ3) is 15.6. The van der Waals surface area contributed by atoms with E-state index in [-0.39, 0.29) is 67.8 Å². The van der Waals surface area contributed by atoms with Crippen molar-refractivity contribution in [1.82, 2.24) is 4.72 Å². The third-order valence-corrected chi connectivity index (χ3v) is 8.36. The van der Waals surface area contributed by atoms with Crippen molar-refractivity contribution in [1.29, 1.82) is 0 Å². The Bertz CT molecular complexity index is 757. The largest absolute Gasteiger partial charge is 2.00 e. The van der Waals surface area contributed by atoms with Crippen molar-refractivity contribution in [2.24, 2.45) is 10.3 Å². The molecule has 6 nitrogen and oxygen atoms in total. The molecule has 36 heavy (non-hydrogen) atoms. The number of ether oxygens (including phenoxy) is 2. The number of halogens is 1. The summed E-state index contributed by atoms with van der Waals surface area (Å²) in [5.41, 5.74) is 0. The summed E-state index contributed by atoms with van der Waals surface area (Å²) in [6, 6.07) is 0.250. The Morgan fingerprint density at radius 1 is 0.944 bits per heavy atom. The zero-order chi connectivity index (χ0) is 25.2. The summed E-state index contributed by atoms with van der Waals surface area (Å²) in [4.78, 5) is 0. The molecule has 0 aromatic rings. The Kier molecular flexibility index (Phi) is 17.9. The van der Waals surface area contributed by atoms with Gasteiger partial charge < -0.3 is 32.9 Å². The second-order valence-corrected chi connectivity index (χ2v) is 15.0. The van der Waals surface area contributed by atoms with Gasteiger partial charge in [-0.1, -0.05) is 0 Å². The van der Waals surface area contributed by atoms with Crippen LogP contribution in [-0.2, 0) is 31.4 Å². The van der Waals surface area contributed by atoms with Crippen molar-refractivity contribution in [3.8, 4) is 0 Å². The van der Waals surface area contributed by atoms with Crippen LogP contribution in [0.3, 0.4) is 0 Å². The minimum Gasteiger partial charge on any atom is -1.00 e. The van der Waals surface area contributed by atoms with Crippen LogP contribution in [0.4, 0.5) is 0 Å². The molecule has 2 fully saturated rings. The fraction of sp³-hybridized carbons (Fsp3) is 0.769. The molecule has 0 amide bonds. The molecule has 0 spiro atoms. The van der Waals surface area contributed by atoms with E-state index in [1.54, 1.807) is 18.7 Å². The van der Waals surface area contributed by atoms with E-state index in [0.717, 1.165) is 25.7 Å². The van der Waals surface area contributed by atoms with E-state index in [1.807, 2.05) is 47.6 Å². The molecule has 4 rings (SSSR count). The summed E-state index contributed by atoms with van der Waals surface area (Å²) in [5.74, 6) is 0.651. The van der Waals surface area contributed by atoms with E-state index in [1.165, 1.54) is 25.7 Å². The summed E-state index contributed by atoms with van der Waals surface area (Å²) < 4.78 is 41.5. The summed E-state index contributed by atoms with van der Waals surface area (Å²) in [6.45, 7) is 11.7. The Labute approximate surface area is 251 Å². The minimum absolute atomic E-state index is 0. The first-order chi connectivity index (χ1) is 16.0. The molecule has 0 unspecified atom stereocenters. The summed E-state index contributed by atoms with van der Waals surface area (Å²) >= 11 is 0. The molecule has 2 aliphatic heterocycles. The van der Waals surface area contributed by atoms with Crippen molar-refractivity contribution in [3.63, 3.8) is 0 Å². The van der Waals surface area contributed by atoms with E-state index in [9.17, 15) is 8.42 Å². The monoisotopic (exact) mass is 616 g/mol. The summed E-state index contributed by atoms with van der Waals surface area (Å²) in [6.07, 6.45) is 20.8. The maximum Gasteiger partial charge on any atom is 2.00 e. The van der Waals surface area contributed by atoms with Crippen molar-refractivity contribution >= 4 is 51.2 Å². The Morgan fingerprint density at radius 2 is 1.50 bits per heavy atom. The first-order valence-corrected chi connectivity index (χ1v) is 14.8. The van der Waals surface area contributed by atoms with Gasteiger partial charge in [0.05, 0.1) is 45.3 Å². The predicted octanol–water partition coefficient (Wildman–Crippen LogP) is 2.33. The normalized spacial score (nSPS) is 25.2. The van der Waals surface area contributed by atoms with Crippen LogP contribution in [0, 0.1) is 12.3 Å². The maximum absolute atomic E-state index is 12.2. The third-order valence-electron chi connectivity index (χ3n) is 5.40.